The van der Waals surface area contributed by atoms with Crippen LogP contribution in [-0.4, -0.2) is 22.9 Å². The number of halogens is 1. The van der Waals surface area contributed by atoms with Gasteiger partial charge in [-0.2, -0.15) is 16.4 Å². The smallest absolute Gasteiger partial charge is 0.0814 e. The lowest BCUT2D eigenvalue weighted by Gasteiger charge is -2.06. The SMILES string of the molecule is Cc1c(Cl)cnn1CCNCCc1ccsc1. The second-order valence-corrected chi connectivity index (χ2v) is 5.12. The summed E-state index contributed by atoms with van der Waals surface area (Å²) in [4.78, 5) is 0. The Kier molecular flexibility index (Phi) is 4.59. The van der Waals surface area contributed by atoms with Gasteiger partial charge in [-0.1, -0.05) is 11.6 Å². The average molecular weight is 270 g/mol. The molecule has 0 bridgehead atoms. The van der Waals surface area contributed by atoms with Crippen LogP contribution in [0.3, 0.4) is 0 Å². The molecular weight excluding hydrogens is 254 g/mol. The topological polar surface area (TPSA) is 29.9 Å². The van der Waals surface area contributed by atoms with E-state index in [1.807, 2.05) is 11.6 Å². The first-order valence-electron chi connectivity index (χ1n) is 5.67. The van der Waals surface area contributed by atoms with E-state index >= 15 is 0 Å². The van der Waals surface area contributed by atoms with E-state index in [1.54, 1.807) is 17.5 Å². The molecule has 0 aromatic carbocycles. The van der Waals surface area contributed by atoms with E-state index in [4.69, 9.17) is 11.6 Å². The molecule has 0 unspecified atom stereocenters. The van der Waals surface area contributed by atoms with Gasteiger partial charge in [0.25, 0.3) is 0 Å². The van der Waals surface area contributed by atoms with Gasteiger partial charge < -0.3 is 5.32 Å². The zero-order valence-electron chi connectivity index (χ0n) is 9.82. The first-order valence-corrected chi connectivity index (χ1v) is 6.99. The Labute approximate surface area is 110 Å². The van der Waals surface area contributed by atoms with Crippen molar-refractivity contribution in [2.24, 2.45) is 0 Å². The predicted octanol–water partition coefficient (Wildman–Crippen LogP) is 2.74. The number of nitrogens with one attached hydrogen (secondary N) is 1. The summed E-state index contributed by atoms with van der Waals surface area (Å²) in [6, 6.07) is 2.17. The lowest BCUT2D eigenvalue weighted by atomic mass is 10.2. The molecule has 0 amide bonds. The lowest BCUT2D eigenvalue weighted by Crippen LogP contribution is -2.23. The third-order valence-corrected chi connectivity index (χ3v) is 3.82. The van der Waals surface area contributed by atoms with Crippen molar-refractivity contribution in [3.8, 4) is 0 Å². The van der Waals surface area contributed by atoms with Crippen molar-refractivity contribution in [2.75, 3.05) is 13.1 Å². The highest BCUT2D eigenvalue weighted by Gasteiger charge is 2.02. The standard InChI is InChI=1S/C12H16ClN3S/c1-10-12(13)8-15-16(10)6-5-14-4-2-11-3-7-17-9-11/h3,7-9,14H,2,4-6H2,1H3. The van der Waals surface area contributed by atoms with Crippen molar-refractivity contribution >= 4 is 22.9 Å². The fourth-order valence-corrected chi connectivity index (χ4v) is 2.47. The minimum Gasteiger partial charge on any atom is -0.315 e. The van der Waals surface area contributed by atoms with Crippen molar-refractivity contribution in [3.63, 3.8) is 0 Å². The molecule has 0 atom stereocenters. The van der Waals surface area contributed by atoms with E-state index in [2.05, 4.69) is 27.2 Å². The molecule has 0 fully saturated rings. The Morgan fingerprint density at radius 2 is 2.35 bits per heavy atom. The van der Waals surface area contributed by atoms with Crippen LogP contribution in [0.2, 0.25) is 5.02 Å². The van der Waals surface area contributed by atoms with Crippen LogP contribution in [-0.2, 0) is 13.0 Å². The molecule has 2 aromatic heterocycles. The highest BCUT2D eigenvalue weighted by atomic mass is 35.5. The van der Waals surface area contributed by atoms with Gasteiger partial charge in [-0.15, -0.1) is 0 Å². The number of nitrogens with zero attached hydrogens (tertiary/aromatic N) is 2. The van der Waals surface area contributed by atoms with E-state index in [1.165, 1.54) is 5.56 Å². The van der Waals surface area contributed by atoms with E-state index in [9.17, 15) is 0 Å². The summed E-state index contributed by atoms with van der Waals surface area (Å²) in [6.45, 7) is 4.77. The molecule has 3 nitrogen and oxygen atoms in total. The summed E-state index contributed by atoms with van der Waals surface area (Å²) in [5.41, 5.74) is 2.44. The van der Waals surface area contributed by atoms with Gasteiger partial charge in [0.2, 0.25) is 0 Å². The number of thiophene rings is 1. The molecule has 0 aliphatic rings. The summed E-state index contributed by atoms with van der Waals surface area (Å²) in [7, 11) is 0. The monoisotopic (exact) mass is 269 g/mol. The Morgan fingerprint density at radius 3 is 3.00 bits per heavy atom. The molecule has 0 saturated heterocycles. The van der Waals surface area contributed by atoms with E-state index in [0.29, 0.717) is 0 Å². The molecular formula is C12H16ClN3S. The third-order valence-electron chi connectivity index (χ3n) is 2.71. The van der Waals surface area contributed by atoms with E-state index in [-0.39, 0.29) is 0 Å². The quantitative estimate of drug-likeness (QED) is 0.818. The number of hydrogen-bond donors (Lipinski definition) is 1. The molecule has 2 heterocycles. The van der Waals surface area contributed by atoms with Crippen molar-refractivity contribution < 1.29 is 0 Å². The lowest BCUT2D eigenvalue weighted by molar-refractivity contribution is 0.546. The molecule has 1 N–H and O–H groups in total. The van der Waals surface area contributed by atoms with Gasteiger partial charge >= 0.3 is 0 Å². The second kappa shape index (κ2) is 6.19. The van der Waals surface area contributed by atoms with Crippen LogP contribution in [0.4, 0.5) is 0 Å². The fourth-order valence-electron chi connectivity index (χ4n) is 1.63. The van der Waals surface area contributed by atoms with E-state index < -0.39 is 0 Å². The highest BCUT2D eigenvalue weighted by molar-refractivity contribution is 7.07. The third kappa shape index (κ3) is 3.56. The molecule has 0 radical (unpaired) electrons. The molecule has 17 heavy (non-hydrogen) atoms. The maximum absolute atomic E-state index is 5.93. The van der Waals surface area contributed by atoms with E-state index in [0.717, 1.165) is 36.8 Å². The minimum absolute atomic E-state index is 0.739. The van der Waals surface area contributed by atoms with Crippen LogP contribution in [0.15, 0.2) is 23.0 Å². The fraction of sp³-hybridized carbons (Fsp3) is 0.417. The second-order valence-electron chi connectivity index (χ2n) is 3.93. The maximum atomic E-state index is 5.93. The average Bonchev–Trinajstić information content (AvgIpc) is 2.93. The largest absolute Gasteiger partial charge is 0.315 e. The number of rotatable bonds is 6. The van der Waals surface area contributed by atoms with Gasteiger partial charge in [0.15, 0.2) is 0 Å². The van der Waals surface area contributed by atoms with Crippen LogP contribution in [0, 0.1) is 6.92 Å². The Bertz CT molecular complexity index is 450. The first kappa shape index (κ1) is 12.6. The molecule has 2 aromatic rings. The van der Waals surface area contributed by atoms with Crippen LogP contribution < -0.4 is 5.32 Å². The van der Waals surface area contributed by atoms with Crippen molar-refractivity contribution in [1.82, 2.24) is 15.1 Å². The van der Waals surface area contributed by atoms with Gasteiger partial charge in [-0.25, -0.2) is 0 Å². The van der Waals surface area contributed by atoms with Crippen LogP contribution in [0.25, 0.3) is 0 Å². The van der Waals surface area contributed by atoms with Crippen molar-refractivity contribution in [2.45, 2.75) is 19.9 Å². The van der Waals surface area contributed by atoms with Crippen LogP contribution in [0.1, 0.15) is 11.3 Å². The Hall–Kier alpha value is -0.840. The Morgan fingerprint density at radius 1 is 1.47 bits per heavy atom. The molecule has 0 aliphatic heterocycles. The van der Waals surface area contributed by atoms with Crippen LogP contribution >= 0.6 is 22.9 Å². The Balaban J connectivity index is 1.65. The zero-order chi connectivity index (χ0) is 12.1. The predicted molar refractivity (Wildman–Crippen MR) is 72.9 cm³/mol. The number of hydrogen-bond acceptors (Lipinski definition) is 3. The summed E-state index contributed by atoms with van der Waals surface area (Å²) >= 11 is 7.68. The first-order chi connectivity index (χ1) is 8.27. The van der Waals surface area contributed by atoms with Crippen LogP contribution in [0.5, 0.6) is 0 Å². The molecule has 0 saturated carbocycles. The van der Waals surface area contributed by atoms with Gasteiger partial charge in [0.1, 0.15) is 0 Å². The molecule has 0 aliphatic carbocycles. The van der Waals surface area contributed by atoms with Crippen molar-refractivity contribution in [3.05, 3.63) is 39.3 Å². The summed E-state index contributed by atoms with van der Waals surface area (Å²) < 4.78 is 1.93. The minimum atomic E-state index is 0.739. The zero-order valence-corrected chi connectivity index (χ0v) is 11.4. The van der Waals surface area contributed by atoms with Gasteiger partial charge in [-0.05, 0) is 42.3 Å². The maximum Gasteiger partial charge on any atom is 0.0814 e. The number of aromatic nitrogens is 2. The van der Waals surface area contributed by atoms with Gasteiger partial charge in [0, 0.05) is 6.54 Å². The van der Waals surface area contributed by atoms with Crippen molar-refractivity contribution in [1.29, 1.82) is 0 Å². The molecule has 2 rings (SSSR count). The summed E-state index contributed by atoms with van der Waals surface area (Å²) in [5.74, 6) is 0. The molecule has 5 heteroatoms. The normalized spacial score (nSPS) is 10.9. The summed E-state index contributed by atoms with van der Waals surface area (Å²) in [5, 5.41) is 12.7. The molecule has 0 spiro atoms. The van der Waals surface area contributed by atoms with Gasteiger partial charge in [-0.3, -0.25) is 4.68 Å². The highest BCUT2D eigenvalue weighted by Crippen LogP contribution is 2.12. The summed E-state index contributed by atoms with van der Waals surface area (Å²) in [6.07, 6.45) is 2.78. The van der Waals surface area contributed by atoms with Gasteiger partial charge in [0.05, 0.1) is 23.5 Å². The molecule has 92 valence electrons.